The smallest absolute Gasteiger partial charge is 0.182 e. The van der Waals surface area contributed by atoms with Crippen LogP contribution in [-0.2, 0) is 0 Å². The fourth-order valence-electron chi connectivity index (χ4n) is 3.53. The summed E-state index contributed by atoms with van der Waals surface area (Å²) in [5, 5.41) is 0. The number of fused-ring (bicyclic) bond motifs is 2. The molecular formula is C24H19N3O. The Morgan fingerprint density at radius 2 is 1.29 bits per heavy atom. The maximum Gasteiger partial charge on any atom is 0.182 e. The van der Waals surface area contributed by atoms with E-state index < -0.39 is 0 Å². The fourth-order valence-corrected chi connectivity index (χ4v) is 3.53. The molecular weight excluding hydrogens is 346 g/mol. The summed E-state index contributed by atoms with van der Waals surface area (Å²) in [5.74, 6) is 2.97. The summed E-state index contributed by atoms with van der Waals surface area (Å²) in [6.07, 6.45) is 3.72. The zero-order valence-electron chi connectivity index (χ0n) is 15.8. The molecule has 2 aromatic heterocycles. The summed E-state index contributed by atoms with van der Waals surface area (Å²) in [4.78, 5) is 11.5. The monoisotopic (exact) mass is 365 g/mol. The van der Waals surface area contributed by atoms with Crippen LogP contribution in [0.15, 0.2) is 79.1 Å². The van der Waals surface area contributed by atoms with Crippen molar-refractivity contribution in [1.82, 2.24) is 9.97 Å². The van der Waals surface area contributed by atoms with Crippen molar-refractivity contribution in [2.75, 3.05) is 4.90 Å². The average Bonchev–Trinajstić information content (AvgIpc) is 2.72. The van der Waals surface area contributed by atoms with Crippen molar-refractivity contribution >= 4 is 17.3 Å². The SMILES string of the molecule is Cc1cnc2c(c1)Oc1cc(C)cnc1N2c1ccccc1-c1ccccc1. The first-order valence-corrected chi connectivity index (χ1v) is 9.26. The third-order valence-electron chi connectivity index (χ3n) is 4.81. The van der Waals surface area contributed by atoms with Gasteiger partial charge in [0.2, 0.25) is 0 Å². The molecule has 136 valence electrons. The highest BCUT2D eigenvalue weighted by Gasteiger charge is 2.30. The number of aryl methyl sites for hydroxylation is 2. The van der Waals surface area contributed by atoms with E-state index in [0.29, 0.717) is 0 Å². The number of hydrogen-bond acceptors (Lipinski definition) is 4. The second-order valence-electron chi connectivity index (χ2n) is 6.99. The number of anilines is 3. The third-order valence-corrected chi connectivity index (χ3v) is 4.81. The van der Waals surface area contributed by atoms with Crippen molar-refractivity contribution < 1.29 is 4.74 Å². The molecule has 0 saturated carbocycles. The molecule has 0 aliphatic carbocycles. The highest BCUT2D eigenvalue weighted by atomic mass is 16.5. The fraction of sp³-hybridized carbons (Fsp3) is 0.0833. The normalized spacial score (nSPS) is 12.1. The molecule has 1 aliphatic rings. The van der Waals surface area contributed by atoms with Crippen molar-refractivity contribution in [3.05, 3.63) is 90.3 Å². The first-order valence-electron chi connectivity index (χ1n) is 9.26. The molecule has 0 radical (unpaired) electrons. The van der Waals surface area contributed by atoms with Gasteiger partial charge in [0.25, 0.3) is 0 Å². The minimum absolute atomic E-state index is 0.739. The highest BCUT2D eigenvalue weighted by molar-refractivity contribution is 5.90. The standard InChI is InChI=1S/C24H19N3O/c1-16-12-21-23(25-14-16)27(24-22(28-21)13-17(2)15-26-24)20-11-7-6-10-19(20)18-8-4-3-5-9-18/h3-15H,1-2H3. The number of aromatic nitrogens is 2. The van der Waals surface area contributed by atoms with Crippen molar-refractivity contribution in [3.63, 3.8) is 0 Å². The van der Waals surface area contributed by atoms with Gasteiger partial charge in [0, 0.05) is 18.0 Å². The van der Waals surface area contributed by atoms with E-state index in [2.05, 4.69) is 47.4 Å². The molecule has 0 N–H and O–H groups in total. The van der Waals surface area contributed by atoms with Gasteiger partial charge in [-0.3, -0.25) is 4.90 Å². The second-order valence-corrected chi connectivity index (χ2v) is 6.99. The van der Waals surface area contributed by atoms with Gasteiger partial charge < -0.3 is 4.74 Å². The number of hydrogen-bond donors (Lipinski definition) is 0. The van der Waals surface area contributed by atoms with Gasteiger partial charge in [0.05, 0.1) is 5.69 Å². The zero-order chi connectivity index (χ0) is 19.1. The molecule has 0 fully saturated rings. The Balaban J connectivity index is 1.78. The van der Waals surface area contributed by atoms with E-state index in [1.807, 2.05) is 50.5 Å². The molecule has 4 heteroatoms. The molecule has 5 rings (SSSR count). The number of pyridine rings is 2. The van der Waals surface area contributed by atoms with Crippen LogP contribution in [0.1, 0.15) is 11.1 Å². The Morgan fingerprint density at radius 3 is 1.93 bits per heavy atom. The van der Waals surface area contributed by atoms with Crippen molar-refractivity contribution in [2.45, 2.75) is 13.8 Å². The van der Waals surface area contributed by atoms with E-state index in [4.69, 9.17) is 14.7 Å². The minimum atomic E-state index is 0.739. The summed E-state index contributed by atoms with van der Waals surface area (Å²) >= 11 is 0. The Labute approximate surface area is 164 Å². The first kappa shape index (κ1) is 16.5. The number of ether oxygens (including phenoxy) is 1. The van der Waals surface area contributed by atoms with Gasteiger partial charge in [-0.2, -0.15) is 0 Å². The van der Waals surface area contributed by atoms with Gasteiger partial charge in [-0.1, -0.05) is 48.5 Å². The first-order chi connectivity index (χ1) is 13.7. The minimum Gasteiger partial charge on any atom is -0.449 e. The lowest BCUT2D eigenvalue weighted by Gasteiger charge is -2.32. The van der Waals surface area contributed by atoms with Crippen molar-refractivity contribution in [3.8, 4) is 22.6 Å². The third kappa shape index (κ3) is 2.70. The lowest BCUT2D eigenvalue weighted by Crippen LogP contribution is -2.19. The molecule has 0 bridgehead atoms. The van der Waals surface area contributed by atoms with Gasteiger partial charge >= 0.3 is 0 Å². The summed E-state index contributed by atoms with van der Waals surface area (Å²) in [6.45, 7) is 4.03. The molecule has 0 unspecified atom stereocenters. The van der Waals surface area contributed by atoms with Crippen LogP contribution in [0.4, 0.5) is 17.3 Å². The van der Waals surface area contributed by atoms with Gasteiger partial charge in [-0.15, -0.1) is 0 Å². The zero-order valence-corrected chi connectivity index (χ0v) is 15.8. The predicted molar refractivity (Wildman–Crippen MR) is 112 cm³/mol. The van der Waals surface area contributed by atoms with Crippen LogP contribution in [0.25, 0.3) is 11.1 Å². The van der Waals surface area contributed by atoms with Crippen LogP contribution in [0.5, 0.6) is 11.5 Å². The Kier molecular flexibility index (Phi) is 3.83. The quantitative estimate of drug-likeness (QED) is 0.366. The number of nitrogens with zero attached hydrogens (tertiary/aromatic N) is 3. The van der Waals surface area contributed by atoms with Crippen LogP contribution in [0.2, 0.25) is 0 Å². The largest absolute Gasteiger partial charge is 0.449 e. The molecule has 3 heterocycles. The van der Waals surface area contributed by atoms with Crippen LogP contribution in [0, 0.1) is 13.8 Å². The molecule has 28 heavy (non-hydrogen) atoms. The molecule has 0 saturated heterocycles. The topological polar surface area (TPSA) is 38.3 Å². The van der Waals surface area contributed by atoms with Crippen LogP contribution < -0.4 is 9.64 Å². The summed E-state index contributed by atoms with van der Waals surface area (Å²) < 4.78 is 6.17. The summed E-state index contributed by atoms with van der Waals surface area (Å²) in [6, 6.07) is 22.7. The molecule has 2 aromatic carbocycles. The van der Waals surface area contributed by atoms with Gasteiger partial charge in [0.15, 0.2) is 23.1 Å². The molecule has 0 atom stereocenters. The molecule has 0 amide bonds. The maximum absolute atomic E-state index is 6.17. The van der Waals surface area contributed by atoms with Gasteiger partial charge in [-0.05, 0) is 48.7 Å². The Hall–Kier alpha value is -3.66. The van der Waals surface area contributed by atoms with Crippen molar-refractivity contribution in [1.29, 1.82) is 0 Å². The molecule has 1 aliphatic heterocycles. The molecule has 4 nitrogen and oxygen atoms in total. The highest BCUT2D eigenvalue weighted by Crippen LogP contribution is 2.50. The van der Waals surface area contributed by atoms with E-state index in [1.165, 1.54) is 0 Å². The summed E-state index contributed by atoms with van der Waals surface area (Å²) in [7, 11) is 0. The summed E-state index contributed by atoms with van der Waals surface area (Å²) in [5.41, 5.74) is 5.39. The Bertz CT molecular complexity index is 1120. The second kappa shape index (κ2) is 6.50. The van der Waals surface area contributed by atoms with Crippen molar-refractivity contribution in [2.24, 2.45) is 0 Å². The van der Waals surface area contributed by atoms with Gasteiger partial charge in [-0.25, -0.2) is 9.97 Å². The van der Waals surface area contributed by atoms with E-state index in [9.17, 15) is 0 Å². The van der Waals surface area contributed by atoms with E-state index in [0.717, 1.165) is 51.1 Å². The number of benzene rings is 2. The maximum atomic E-state index is 6.17. The lowest BCUT2D eigenvalue weighted by molar-refractivity contribution is 0.470. The van der Waals surface area contributed by atoms with Crippen LogP contribution in [0.3, 0.4) is 0 Å². The average molecular weight is 365 g/mol. The predicted octanol–water partition coefficient (Wildman–Crippen LogP) is 6.34. The van der Waals surface area contributed by atoms with E-state index in [1.54, 1.807) is 0 Å². The van der Waals surface area contributed by atoms with Gasteiger partial charge in [0.1, 0.15) is 0 Å². The number of para-hydroxylation sites is 1. The molecule has 0 spiro atoms. The lowest BCUT2D eigenvalue weighted by atomic mass is 10.0. The number of rotatable bonds is 2. The van der Waals surface area contributed by atoms with E-state index >= 15 is 0 Å². The Morgan fingerprint density at radius 1 is 0.714 bits per heavy atom. The van der Waals surface area contributed by atoms with E-state index in [-0.39, 0.29) is 0 Å². The molecule has 4 aromatic rings. The van der Waals surface area contributed by atoms with Crippen LogP contribution >= 0.6 is 0 Å². The van der Waals surface area contributed by atoms with Crippen LogP contribution in [-0.4, -0.2) is 9.97 Å².